The number of benzene rings is 1. The lowest BCUT2D eigenvalue weighted by Crippen LogP contribution is -2.72. The van der Waals surface area contributed by atoms with Crippen molar-refractivity contribution in [3.63, 3.8) is 0 Å². The van der Waals surface area contributed by atoms with E-state index in [4.69, 9.17) is 0 Å². The minimum Gasteiger partial charge on any atom is -0.828 e. The minimum absolute atomic E-state index is 0.138. The highest BCUT2D eigenvalue weighted by Crippen LogP contribution is 2.46. The topological polar surface area (TPSA) is 49.4 Å². The van der Waals surface area contributed by atoms with Gasteiger partial charge in [-0.05, 0) is 69.8 Å². The number of rotatable bonds is 2. The van der Waals surface area contributed by atoms with Gasteiger partial charge >= 0.3 is 18.3 Å². The quantitative estimate of drug-likeness (QED) is 0.160. The molecule has 0 radical (unpaired) electrons. The van der Waals surface area contributed by atoms with Crippen LogP contribution in [0.3, 0.4) is 0 Å². The predicted octanol–water partition coefficient (Wildman–Crippen LogP) is 4.87. The fraction of sp³-hybridized carbons (Fsp3) is 0.300. The van der Waals surface area contributed by atoms with E-state index in [1.54, 1.807) is 0 Å². The fourth-order valence-corrected chi connectivity index (χ4v) is 3.78. The molecule has 0 saturated heterocycles. The van der Waals surface area contributed by atoms with Crippen molar-refractivity contribution in [1.82, 2.24) is 0 Å². The van der Waals surface area contributed by atoms with Crippen LogP contribution in [-0.4, -0.2) is 23.9 Å². The van der Waals surface area contributed by atoms with Crippen LogP contribution in [0.5, 0.6) is 5.75 Å². The van der Waals surface area contributed by atoms with Gasteiger partial charge in [0.15, 0.2) is 11.4 Å². The second-order valence-electron chi connectivity index (χ2n) is 3.86. The van der Waals surface area contributed by atoms with Crippen LogP contribution >= 0.6 is 63.7 Å². The number of carbonyl (C=O) groups excluding carboxylic acids is 1. The normalized spacial score (nSPS) is 13.2. The van der Waals surface area contributed by atoms with Crippen LogP contribution in [0.15, 0.2) is 24.0 Å². The zero-order valence-electron chi connectivity index (χ0n) is 10.1. The highest BCUT2D eigenvalue weighted by atomic mass is 79.9. The van der Waals surface area contributed by atoms with E-state index >= 15 is 0 Å². The Labute approximate surface area is 157 Å². The summed E-state index contributed by atoms with van der Waals surface area (Å²) in [5, 5.41) is 11.2. The first-order valence-electron chi connectivity index (χ1n) is 5.03. The Morgan fingerprint density at radius 1 is 0.913 bits per heavy atom. The van der Waals surface area contributed by atoms with Crippen molar-refractivity contribution in [2.45, 2.75) is 18.0 Å². The van der Waals surface area contributed by atoms with Crippen LogP contribution in [-0.2, 0) is 4.79 Å². The first-order valence-corrected chi connectivity index (χ1v) is 8.21. The molecule has 0 unspecified atom stereocenters. The van der Waals surface area contributed by atoms with Gasteiger partial charge in [0.1, 0.15) is 0 Å². The molecule has 13 heteroatoms. The third kappa shape index (κ3) is 3.88. The summed E-state index contributed by atoms with van der Waals surface area (Å²) in [6.45, 7) is 0. The average Bonchev–Trinajstić information content (AvgIpc) is 2.37. The highest BCUT2D eigenvalue weighted by molar-refractivity contribution is 9.14. The number of hydrogen-bond acceptors (Lipinski definition) is 3. The molecule has 1 aromatic rings. The Kier molecular flexibility index (Phi) is 6.27. The van der Waals surface area contributed by atoms with Gasteiger partial charge in [-0.15, -0.1) is 0 Å². The number of hydrogen-bond donors (Lipinski definition) is 0. The molecule has 0 fully saturated rings. The van der Waals surface area contributed by atoms with Gasteiger partial charge in [0, 0.05) is 8.95 Å². The monoisotopic (exact) mass is 599 g/mol. The van der Waals surface area contributed by atoms with E-state index in [1.807, 2.05) is 0 Å². The number of ether oxygens (including phenoxy) is 1. The summed E-state index contributed by atoms with van der Waals surface area (Å²) < 4.78 is 79.4. The molecular weight excluding hydrogens is 602 g/mol. The standard InChI is InChI=1S/C10HBr4F6O3/c11-2-1-3(12)6(5(14)4(2)13)23-7(21)8(22,9(15,16)17)10(18,19)20/h1H/q-1. The summed E-state index contributed by atoms with van der Waals surface area (Å²) in [4.78, 5) is 11.4. The Morgan fingerprint density at radius 2 is 1.35 bits per heavy atom. The average molecular weight is 603 g/mol. The Bertz CT molecular complexity index is 629. The van der Waals surface area contributed by atoms with Gasteiger partial charge in [-0.3, -0.25) is 4.79 Å². The molecule has 3 nitrogen and oxygen atoms in total. The van der Waals surface area contributed by atoms with Crippen LogP contribution in [0.1, 0.15) is 0 Å². The number of carbonyl (C=O) groups is 1. The van der Waals surface area contributed by atoms with E-state index in [2.05, 4.69) is 68.5 Å². The second-order valence-corrected chi connectivity index (χ2v) is 7.16. The van der Waals surface area contributed by atoms with E-state index in [0.29, 0.717) is 4.47 Å². The van der Waals surface area contributed by atoms with Gasteiger partial charge in [0.2, 0.25) is 0 Å². The van der Waals surface area contributed by atoms with Gasteiger partial charge in [0.05, 0.1) is 8.95 Å². The summed E-state index contributed by atoms with van der Waals surface area (Å²) in [5.74, 6) is -3.77. The van der Waals surface area contributed by atoms with Crippen LogP contribution < -0.4 is 9.84 Å². The van der Waals surface area contributed by atoms with Gasteiger partial charge in [-0.1, -0.05) is 0 Å². The van der Waals surface area contributed by atoms with Crippen LogP contribution in [0.2, 0.25) is 0 Å². The van der Waals surface area contributed by atoms with Crippen molar-refractivity contribution in [3.8, 4) is 5.75 Å². The van der Waals surface area contributed by atoms with Crippen molar-refractivity contribution >= 4 is 69.7 Å². The third-order valence-corrected chi connectivity index (χ3v) is 6.21. The number of halogens is 10. The molecular formula is C10HBr4F6O3-. The smallest absolute Gasteiger partial charge is 0.399 e. The zero-order valence-corrected chi connectivity index (χ0v) is 16.4. The number of esters is 1. The van der Waals surface area contributed by atoms with Crippen molar-refractivity contribution in [1.29, 1.82) is 0 Å². The maximum Gasteiger partial charge on any atom is 0.399 e. The molecule has 0 amide bonds. The molecule has 0 aromatic heterocycles. The van der Waals surface area contributed by atoms with Gasteiger partial charge in [-0.25, -0.2) is 0 Å². The molecule has 0 saturated carbocycles. The second kappa shape index (κ2) is 6.81. The number of alkyl halides is 6. The molecule has 0 aliphatic heterocycles. The zero-order chi connectivity index (χ0) is 18.4. The lowest BCUT2D eigenvalue weighted by Gasteiger charge is -2.40. The molecule has 0 aliphatic rings. The van der Waals surface area contributed by atoms with Crippen molar-refractivity contribution < 1.29 is 41.0 Å². The third-order valence-electron chi connectivity index (χ3n) is 2.35. The van der Waals surface area contributed by atoms with Crippen molar-refractivity contribution in [2.24, 2.45) is 0 Å². The van der Waals surface area contributed by atoms with Gasteiger partial charge in [0.25, 0.3) is 0 Å². The van der Waals surface area contributed by atoms with Gasteiger partial charge in [-0.2, -0.15) is 26.3 Å². The molecule has 0 atom stereocenters. The molecule has 0 N–H and O–H groups in total. The Balaban J connectivity index is 3.39. The van der Waals surface area contributed by atoms with Crippen molar-refractivity contribution in [3.05, 3.63) is 24.0 Å². The lowest BCUT2D eigenvalue weighted by atomic mass is 10.0. The minimum atomic E-state index is -6.44. The van der Waals surface area contributed by atoms with E-state index in [0.717, 1.165) is 0 Å². The predicted molar refractivity (Wildman–Crippen MR) is 77.7 cm³/mol. The summed E-state index contributed by atoms with van der Waals surface area (Å²) in [6.07, 6.45) is -12.9. The summed E-state index contributed by atoms with van der Waals surface area (Å²) in [6, 6.07) is 1.19. The van der Waals surface area contributed by atoms with Crippen LogP contribution in [0.4, 0.5) is 26.3 Å². The molecule has 1 rings (SSSR count). The largest absolute Gasteiger partial charge is 0.828 e. The first kappa shape index (κ1) is 21.2. The molecule has 0 bridgehead atoms. The Hall–Kier alpha value is 0.150. The summed E-state index contributed by atoms with van der Waals surface area (Å²) in [5.41, 5.74) is -5.92. The molecule has 0 heterocycles. The molecule has 23 heavy (non-hydrogen) atoms. The summed E-state index contributed by atoms with van der Waals surface area (Å²) >= 11 is 11.6. The summed E-state index contributed by atoms with van der Waals surface area (Å²) in [7, 11) is 0. The van der Waals surface area contributed by atoms with Crippen LogP contribution in [0.25, 0.3) is 0 Å². The lowest BCUT2D eigenvalue weighted by molar-refractivity contribution is -0.573. The van der Waals surface area contributed by atoms with E-state index < -0.39 is 29.7 Å². The molecule has 0 aliphatic carbocycles. The molecule has 0 spiro atoms. The maximum absolute atomic E-state index is 12.5. The Morgan fingerprint density at radius 3 is 1.74 bits per heavy atom. The van der Waals surface area contributed by atoms with Crippen LogP contribution in [0, 0.1) is 0 Å². The van der Waals surface area contributed by atoms with E-state index in [1.165, 1.54) is 6.07 Å². The van der Waals surface area contributed by atoms with Gasteiger partial charge < -0.3 is 9.84 Å². The van der Waals surface area contributed by atoms with E-state index in [9.17, 15) is 36.2 Å². The molecule has 1 aromatic carbocycles. The van der Waals surface area contributed by atoms with Crippen molar-refractivity contribution in [2.75, 3.05) is 0 Å². The first-order chi connectivity index (χ1) is 10.1. The highest BCUT2D eigenvalue weighted by Gasteiger charge is 2.68. The maximum atomic E-state index is 12.5. The molecule has 130 valence electrons. The fourth-order valence-electron chi connectivity index (χ4n) is 1.20. The SMILES string of the molecule is O=C(Oc1c(Br)cc(Br)c(Br)c1Br)C([O-])(C(F)(F)F)C(F)(F)F. The van der Waals surface area contributed by atoms with E-state index in [-0.39, 0.29) is 13.4 Å².